The van der Waals surface area contributed by atoms with E-state index in [-0.39, 0.29) is 12.5 Å². The first-order chi connectivity index (χ1) is 14.1. The summed E-state index contributed by atoms with van der Waals surface area (Å²) < 4.78 is 7.58. The number of hydrogen-bond donors (Lipinski definition) is 1. The zero-order valence-corrected chi connectivity index (χ0v) is 16.9. The first-order valence-corrected chi connectivity index (χ1v) is 9.88. The summed E-state index contributed by atoms with van der Waals surface area (Å²) in [7, 11) is 2.06. The highest BCUT2D eigenvalue weighted by Crippen LogP contribution is 2.37. The van der Waals surface area contributed by atoms with Gasteiger partial charge in [-0.3, -0.25) is 9.48 Å². The Labute approximate surface area is 171 Å². The Hall–Kier alpha value is -3.12. The lowest BCUT2D eigenvalue weighted by Gasteiger charge is -2.20. The van der Waals surface area contributed by atoms with Crippen LogP contribution in [0.15, 0.2) is 54.7 Å². The van der Waals surface area contributed by atoms with Gasteiger partial charge in [0, 0.05) is 30.8 Å². The summed E-state index contributed by atoms with van der Waals surface area (Å²) in [5.74, 6) is 0.803. The molecule has 2 aromatic carbocycles. The van der Waals surface area contributed by atoms with Crippen LogP contribution in [-0.4, -0.2) is 40.7 Å². The second-order valence-corrected chi connectivity index (χ2v) is 7.54. The Morgan fingerprint density at radius 2 is 2.07 bits per heavy atom. The van der Waals surface area contributed by atoms with Crippen LogP contribution in [0.5, 0.6) is 5.75 Å². The van der Waals surface area contributed by atoms with Crippen LogP contribution in [0.2, 0.25) is 0 Å². The molecule has 0 aliphatic carbocycles. The molecule has 6 nitrogen and oxygen atoms in total. The maximum absolute atomic E-state index is 12.5. The number of aryl methyl sites for hydroxylation is 1. The molecule has 0 fully saturated rings. The number of hydrogen-bond acceptors (Lipinski definition) is 4. The predicted octanol–water partition coefficient (Wildman–Crippen LogP) is 3.00. The summed E-state index contributed by atoms with van der Waals surface area (Å²) in [4.78, 5) is 14.7. The van der Waals surface area contributed by atoms with Crippen LogP contribution >= 0.6 is 0 Å². The average molecular weight is 390 g/mol. The van der Waals surface area contributed by atoms with Gasteiger partial charge in [-0.25, -0.2) is 0 Å². The van der Waals surface area contributed by atoms with Crippen LogP contribution in [0.4, 0.5) is 0 Å². The summed E-state index contributed by atoms with van der Waals surface area (Å²) in [6.45, 7) is 4.98. The lowest BCUT2D eigenvalue weighted by atomic mass is 10.0. The Morgan fingerprint density at radius 3 is 2.90 bits per heavy atom. The minimum Gasteiger partial charge on any atom is -0.488 e. The summed E-state index contributed by atoms with van der Waals surface area (Å²) in [5.41, 5.74) is 5.41. The minimum atomic E-state index is -0.0373. The third-order valence-corrected chi connectivity index (χ3v) is 5.09. The Bertz CT molecular complexity index is 997. The smallest absolute Gasteiger partial charge is 0.241 e. The van der Waals surface area contributed by atoms with Gasteiger partial charge in [0.15, 0.2) is 0 Å². The highest BCUT2D eigenvalue weighted by Gasteiger charge is 2.23. The SMILES string of the molecule is Cc1ccc2c(c1)-c1c(cnn1CC(=O)NCCN(C)Cc1ccccc1)CO2. The molecular weight excluding hydrogens is 364 g/mol. The molecule has 1 aliphatic heterocycles. The zero-order valence-electron chi connectivity index (χ0n) is 16.9. The molecule has 1 amide bonds. The van der Waals surface area contributed by atoms with E-state index in [9.17, 15) is 4.79 Å². The summed E-state index contributed by atoms with van der Waals surface area (Å²) in [6, 6.07) is 16.4. The van der Waals surface area contributed by atoms with Crippen LogP contribution < -0.4 is 10.1 Å². The lowest BCUT2D eigenvalue weighted by molar-refractivity contribution is -0.121. The van der Waals surface area contributed by atoms with Crippen molar-refractivity contribution in [2.45, 2.75) is 26.6 Å². The zero-order chi connectivity index (χ0) is 20.2. The molecule has 4 rings (SSSR count). The van der Waals surface area contributed by atoms with Crippen LogP contribution in [-0.2, 0) is 24.5 Å². The van der Waals surface area contributed by atoms with Gasteiger partial charge in [-0.05, 0) is 31.7 Å². The summed E-state index contributed by atoms with van der Waals surface area (Å²) >= 11 is 0. The molecule has 0 bridgehead atoms. The number of fused-ring (bicyclic) bond motifs is 3. The number of benzene rings is 2. The van der Waals surface area contributed by atoms with Crippen molar-refractivity contribution in [1.29, 1.82) is 0 Å². The van der Waals surface area contributed by atoms with Gasteiger partial charge in [0.25, 0.3) is 0 Å². The fourth-order valence-electron chi connectivity index (χ4n) is 3.62. The molecule has 0 saturated heterocycles. The van der Waals surface area contributed by atoms with Gasteiger partial charge >= 0.3 is 0 Å². The van der Waals surface area contributed by atoms with E-state index in [4.69, 9.17) is 4.74 Å². The number of amides is 1. The normalized spacial score (nSPS) is 12.2. The van der Waals surface area contributed by atoms with Crippen LogP contribution in [0.25, 0.3) is 11.3 Å². The third-order valence-electron chi connectivity index (χ3n) is 5.09. The number of nitrogens with zero attached hydrogens (tertiary/aromatic N) is 3. The number of likely N-dealkylation sites (N-methyl/N-ethyl adjacent to an activating group) is 1. The molecule has 0 unspecified atom stereocenters. The maximum atomic E-state index is 12.5. The lowest BCUT2D eigenvalue weighted by Crippen LogP contribution is -2.35. The van der Waals surface area contributed by atoms with E-state index in [0.29, 0.717) is 13.2 Å². The summed E-state index contributed by atoms with van der Waals surface area (Å²) in [6.07, 6.45) is 1.79. The molecule has 0 spiro atoms. The topological polar surface area (TPSA) is 59.4 Å². The minimum absolute atomic E-state index is 0.0373. The fraction of sp³-hybridized carbons (Fsp3) is 0.304. The van der Waals surface area contributed by atoms with E-state index in [1.165, 1.54) is 5.56 Å². The van der Waals surface area contributed by atoms with Gasteiger partial charge in [-0.1, -0.05) is 42.0 Å². The van der Waals surface area contributed by atoms with Crippen LogP contribution in [0, 0.1) is 6.92 Å². The van der Waals surface area contributed by atoms with Crippen LogP contribution in [0.3, 0.4) is 0 Å². The molecule has 0 atom stereocenters. The van der Waals surface area contributed by atoms with Crippen molar-refractivity contribution in [1.82, 2.24) is 20.0 Å². The molecule has 1 aromatic heterocycles. The number of aromatic nitrogens is 2. The standard InChI is InChI=1S/C23H26N4O2/c1-17-8-9-21-20(12-17)23-19(16-29-21)13-25-27(23)15-22(28)24-10-11-26(2)14-18-6-4-3-5-7-18/h3-9,12-13H,10-11,14-16H2,1-2H3,(H,24,28). The van der Waals surface area contributed by atoms with Gasteiger partial charge < -0.3 is 15.0 Å². The Kier molecular flexibility index (Phi) is 5.62. The fourth-order valence-corrected chi connectivity index (χ4v) is 3.62. The average Bonchev–Trinajstić information content (AvgIpc) is 3.12. The van der Waals surface area contributed by atoms with Gasteiger partial charge in [0.1, 0.15) is 18.9 Å². The highest BCUT2D eigenvalue weighted by molar-refractivity contribution is 5.78. The van der Waals surface area contributed by atoms with Crippen molar-refractivity contribution in [2.24, 2.45) is 0 Å². The van der Waals surface area contributed by atoms with Crippen molar-refractivity contribution in [3.05, 3.63) is 71.4 Å². The van der Waals surface area contributed by atoms with Crippen molar-refractivity contribution < 1.29 is 9.53 Å². The third kappa shape index (κ3) is 4.49. The number of rotatable bonds is 7. The van der Waals surface area contributed by atoms with E-state index in [1.54, 1.807) is 10.9 Å². The van der Waals surface area contributed by atoms with Gasteiger partial charge in [0.05, 0.1) is 11.9 Å². The highest BCUT2D eigenvalue weighted by atomic mass is 16.5. The molecule has 2 heterocycles. The van der Waals surface area contributed by atoms with Crippen molar-refractivity contribution >= 4 is 5.91 Å². The molecule has 1 aliphatic rings. The summed E-state index contributed by atoms with van der Waals surface area (Å²) in [5, 5.41) is 7.44. The predicted molar refractivity (Wildman–Crippen MR) is 113 cm³/mol. The quantitative estimate of drug-likeness (QED) is 0.674. The van der Waals surface area contributed by atoms with Gasteiger partial charge in [-0.2, -0.15) is 5.10 Å². The molecule has 0 radical (unpaired) electrons. The van der Waals surface area contributed by atoms with Crippen molar-refractivity contribution in [2.75, 3.05) is 20.1 Å². The van der Waals surface area contributed by atoms with Gasteiger partial charge in [-0.15, -0.1) is 0 Å². The monoisotopic (exact) mass is 390 g/mol. The largest absolute Gasteiger partial charge is 0.488 e. The van der Waals surface area contributed by atoms with E-state index in [0.717, 1.165) is 41.2 Å². The molecule has 29 heavy (non-hydrogen) atoms. The Balaban J connectivity index is 1.34. The molecule has 1 N–H and O–H groups in total. The van der Waals surface area contributed by atoms with Crippen molar-refractivity contribution in [3.8, 4) is 17.0 Å². The van der Waals surface area contributed by atoms with E-state index in [1.807, 2.05) is 37.3 Å². The van der Waals surface area contributed by atoms with E-state index < -0.39 is 0 Å². The molecule has 6 heteroatoms. The van der Waals surface area contributed by atoms with E-state index in [2.05, 4.69) is 40.6 Å². The molecule has 150 valence electrons. The number of carbonyl (C=O) groups excluding carboxylic acids is 1. The van der Waals surface area contributed by atoms with Crippen LogP contribution in [0.1, 0.15) is 16.7 Å². The number of nitrogens with one attached hydrogen (secondary N) is 1. The molecule has 0 saturated carbocycles. The second kappa shape index (κ2) is 8.49. The first kappa shape index (κ1) is 19.2. The van der Waals surface area contributed by atoms with Crippen molar-refractivity contribution in [3.63, 3.8) is 0 Å². The Morgan fingerprint density at radius 1 is 1.24 bits per heavy atom. The number of carbonyl (C=O) groups is 1. The molecular formula is C23H26N4O2. The first-order valence-electron chi connectivity index (χ1n) is 9.88. The van der Waals surface area contributed by atoms with Gasteiger partial charge in [0.2, 0.25) is 5.91 Å². The number of ether oxygens (including phenoxy) is 1. The molecule has 3 aromatic rings. The van der Waals surface area contributed by atoms with E-state index >= 15 is 0 Å². The second-order valence-electron chi connectivity index (χ2n) is 7.54. The maximum Gasteiger partial charge on any atom is 0.241 e.